The molecule has 0 amide bonds. The van der Waals surface area contributed by atoms with E-state index < -0.39 is 28.4 Å². The van der Waals surface area contributed by atoms with Gasteiger partial charge in [0.1, 0.15) is 0 Å². The molecule has 0 aliphatic heterocycles. The molecular formula is C18H38O9Si2. The van der Waals surface area contributed by atoms with Crippen molar-refractivity contribution in [1.82, 2.24) is 0 Å². The number of esters is 2. The molecule has 0 bridgehead atoms. The molecule has 0 aromatic rings. The highest BCUT2D eigenvalue weighted by molar-refractivity contribution is 6.72. The van der Waals surface area contributed by atoms with E-state index in [1.54, 1.807) is 27.7 Å². The predicted octanol–water partition coefficient (Wildman–Crippen LogP) is 1.59. The van der Waals surface area contributed by atoms with Gasteiger partial charge in [-0.1, -0.05) is 13.8 Å². The summed E-state index contributed by atoms with van der Waals surface area (Å²) in [7, 11) is -8.64. The van der Waals surface area contributed by atoms with Gasteiger partial charge in [0, 0.05) is 12.1 Å². The summed E-state index contributed by atoms with van der Waals surface area (Å²) in [6.45, 7) is 10.7. The van der Waals surface area contributed by atoms with Crippen molar-refractivity contribution in [2.75, 3.05) is 13.2 Å². The van der Waals surface area contributed by atoms with Crippen LogP contribution in [0.3, 0.4) is 0 Å². The van der Waals surface area contributed by atoms with Gasteiger partial charge in [-0.3, -0.25) is 9.59 Å². The van der Waals surface area contributed by atoms with E-state index in [1.807, 2.05) is 13.8 Å². The molecule has 0 aliphatic carbocycles. The van der Waals surface area contributed by atoms with Gasteiger partial charge in [-0.2, -0.15) is 0 Å². The van der Waals surface area contributed by atoms with Crippen LogP contribution in [0.4, 0.5) is 0 Å². The van der Waals surface area contributed by atoms with Crippen molar-refractivity contribution in [3.05, 3.63) is 0 Å². The Labute approximate surface area is 175 Å². The lowest BCUT2D eigenvalue weighted by Crippen LogP contribution is -2.53. The quantitative estimate of drug-likeness (QED) is 0.175. The van der Waals surface area contributed by atoms with Crippen LogP contribution in [0.1, 0.15) is 67.2 Å². The van der Waals surface area contributed by atoms with Gasteiger partial charge < -0.3 is 32.8 Å². The second-order valence-corrected chi connectivity index (χ2v) is 13.3. The molecule has 29 heavy (non-hydrogen) atoms. The third-order valence-corrected chi connectivity index (χ3v) is 9.58. The summed E-state index contributed by atoms with van der Waals surface area (Å²) in [4.78, 5) is 63.6. The molecule has 0 radical (unpaired) electrons. The van der Waals surface area contributed by atoms with Crippen LogP contribution in [0.25, 0.3) is 0 Å². The number of ether oxygens (including phenoxy) is 2. The van der Waals surface area contributed by atoms with Gasteiger partial charge in [0.2, 0.25) is 0 Å². The van der Waals surface area contributed by atoms with Crippen LogP contribution < -0.4 is 0 Å². The molecule has 0 heterocycles. The molecule has 172 valence electrons. The van der Waals surface area contributed by atoms with Gasteiger partial charge in [0.15, 0.2) is 0 Å². The number of hydrogen-bond donors (Lipinski definition) is 4. The molecule has 0 atom stereocenters. The molecule has 0 unspecified atom stereocenters. The Kier molecular flexibility index (Phi) is 11.2. The topological polar surface area (TPSA) is 143 Å². The smallest absolute Gasteiger partial charge is 0.465 e. The fraction of sp³-hybridized carbons (Fsp3) is 0.889. The minimum atomic E-state index is -4.32. The second-order valence-electron chi connectivity index (χ2n) is 8.54. The summed E-state index contributed by atoms with van der Waals surface area (Å²) >= 11 is 0. The lowest BCUT2D eigenvalue weighted by Gasteiger charge is -2.26. The van der Waals surface area contributed by atoms with Gasteiger partial charge in [-0.15, -0.1) is 0 Å². The molecule has 0 aromatic carbocycles. The van der Waals surface area contributed by atoms with E-state index in [-0.39, 0.29) is 50.1 Å². The Hall–Kier alpha value is -0.826. The monoisotopic (exact) mass is 454 g/mol. The van der Waals surface area contributed by atoms with E-state index in [2.05, 4.69) is 0 Å². The van der Waals surface area contributed by atoms with Gasteiger partial charge in [-0.25, -0.2) is 0 Å². The molecule has 9 nitrogen and oxygen atoms in total. The normalized spacial score (nSPS) is 13.3. The summed E-state index contributed by atoms with van der Waals surface area (Å²) in [6.07, 6.45) is 1.47. The minimum absolute atomic E-state index is 0.0178. The first-order chi connectivity index (χ1) is 13.1. The third-order valence-electron chi connectivity index (χ3n) is 4.96. The zero-order valence-electron chi connectivity index (χ0n) is 18.5. The molecule has 0 aliphatic rings. The average Bonchev–Trinajstić information content (AvgIpc) is 2.60. The van der Waals surface area contributed by atoms with Crippen LogP contribution in [0, 0.1) is 10.8 Å². The predicted molar refractivity (Wildman–Crippen MR) is 110 cm³/mol. The van der Waals surface area contributed by atoms with Crippen LogP contribution in [0.2, 0.25) is 12.1 Å². The zero-order chi connectivity index (χ0) is 22.9. The SMILES string of the molecule is CCC(C)(C)C(=O)OCCC[Si](O)(O)O[Si](O)(O)CCCOC(=O)C(C)(C)CC. The summed E-state index contributed by atoms with van der Waals surface area (Å²) in [5.41, 5.74) is -1.23. The van der Waals surface area contributed by atoms with Crippen LogP contribution in [0.15, 0.2) is 0 Å². The van der Waals surface area contributed by atoms with Crippen LogP contribution in [-0.2, 0) is 23.2 Å². The number of carbonyl (C=O) groups excluding carboxylic acids is 2. The lowest BCUT2D eigenvalue weighted by molar-refractivity contribution is -0.154. The Morgan fingerprint density at radius 1 is 0.724 bits per heavy atom. The first kappa shape index (κ1) is 28.2. The van der Waals surface area contributed by atoms with E-state index in [0.717, 1.165) is 0 Å². The number of carbonyl (C=O) groups is 2. The Morgan fingerprint density at radius 2 is 1.03 bits per heavy atom. The number of rotatable bonds is 14. The molecule has 0 fully saturated rings. The first-order valence-corrected chi connectivity index (χ1v) is 14.0. The van der Waals surface area contributed by atoms with Gasteiger partial charge in [-0.05, 0) is 53.4 Å². The summed E-state index contributed by atoms with van der Waals surface area (Å²) in [6, 6.07) is -0.468. The summed E-state index contributed by atoms with van der Waals surface area (Å²) in [5.74, 6) is -0.754. The van der Waals surface area contributed by atoms with Crippen molar-refractivity contribution in [3.63, 3.8) is 0 Å². The van der Waals surface area contributed by atoms with Gasteiger partial charge >= 0.3 is 29.5 Å². The van der Waals surface area contributed by atoms with Gasteiger partial charge in [0.25, 0.3) is 0 Å². The molecule has 4 N–H and O–H groups in total. The van der Waals surface area contributed by atoms with Crippen molar-refractivity contribution < 1.29 is 42.4 Å². The van der Waals surface area contributed by atoms with E-state index in [9.17, 15) is 28.8 Å². The second kappa shape index (κ2) is 11.5. The van der Waals surface area contributed by atoms with Crippen molar-refractivity contribution in [2.24, 2.45) is 10.8 Å². The fourth-order valence-corrected chi connectivity index (χ4v) is 6.10. The van der Waals surface area contributed by atoms with E-state index in [1.165, 1.54) is 0 Å². The zero-order valence-corrected chi connectivity index (χ0v) is 20.5. The van der Waals surface area contributed by atoms with Crippen molar-refractivity contribution in [2.45, 2.75) is 79.3 Å². The average molecular weight is 455 g/mol. The molecule has 0 spiro atoms. The maximum Gasteiger partial charge on any atom is 0.488 e. The highest BCUT2D eigenvalue weighted by atomic mass is 28.5. The van der Waals surface area contributed by atoms with Crippen LogP contribution in [0.5, 0.6) is 0 Å². The minimum Gasteiger partial charge on any atom is -0.465 e. The maximum atomic E-state index is 11.8. The summed E-state index contributed by atoms with van der Waals surface area (Å²) < 4.78 is 15.0. The molecule has 0 saturated heterocycles. The molecule has 0 rings (SSSR count). The third kappa shape index (κ3) is 11.2. The Morgan fingerprint density at radius 3 is 1.31 bits per heavy atom. The lowest BCUT2D eigenvalue weighted by atomic mass is 9.91. The molecule has 0 aromatic heterocycles. The Balaban J connectivity index is 4.28. The van der Waals surface area contributed by atoms with Crippen LogP contribution in [-0.4, -0.2) is 61.9 Å². The van der Waals surface area contributed by atoms with E-state index in [4.69, 9.17) is 13.6 Å². The van der Waals surface area contributed by atoms with E-state index in [0.29, 0.717) is 12.8 Å². The van der Waals surface area contributed by atoms with E-state index >= 15 is 0 Å². The van der Waals surface area contributed by atoms with Crippen molar-refractivity contribution >= 4 is 29.5 Å². The standard InChI is InChI=1S/C18H38O9Si2/c1-7-17(3,4)15(19)25-11-9-13-28(21,22)27-29(23,24)14-10-12-26-16(20)18(5,6)8-2/h21-24H,7-14H2,1-6H3. The molecule has 0 saturated carbocycles. The van der Waals surface area contributed by atoms with Crippen LogP contribution >= 0.6 is 0 Å². The Bertz CT molecular complexity index is 487. The highest BCUT2D eigenvalue weighted by Crippen LogP contribution is 2.23. The summed E-state index contributed by atoms with van der Waals surface area (Å²) in [5, 5.41) is 0. The highest BCUT2D eigenvalue weighted by Gasteiger charge is 2.45. The molecule has 11 heteroatoms. The maximum absolute atomic E-state index is 11.8. The number of hydrogen-bond acceptors (Lipinski definition) is 9. The first-order valence-electron chi connectivity index (χ1n) is 10.0. The van der Waals surface area contributed by atoms with Crippen molar-refractivity contribution in [1.29, 1.82) is 0 Å². The largest absolute Gasteiger partial charge is 0.488 e. The van der Waals surface area contributed by atoms with Crippen molar-refractivity contribution in [3.8, 4) is 0 Å². The molecular weight excluding hydrogens is 416 g/mol. The fourth-order valence-electron chi connectivity index (χ4n) is 1.98. The van der Waals surface area contributed by atoms with Gasteiger partial charge in [0.05, 0.1) is 24.0 Å².